The molecule has 0 aliphatic carbocycles. The summed E-state index contributed by atoms with van der Waals surface area (Å²) in [6, 6.07) is 2.99. The van der Waals surface area contributed by atoms with Crippen LogP contribution < -0.4 is 10.0 Å². The van der Waals surface area contributed by atoms with Gasteiger partial charge in [-0.2, -0.15) is 13.2 Å². The summed E-state index contributed by atoms with van der Waals surface area (Å²) < 4.78 is 69.3. The molecule has 0 bridgehead atoms. The third kappa shape index (κ3) is 5.62. The third-order valence-corrected chi connectivity index (χ3v) is 6.48. The Balaban J connectivity index is 1.69. The monoisotopic (exact) mass is 435 g/mol. The van der Waals surface area contributed by atoms with Crippen molar-refractivity contribution in [2.45, 2.75) is 50.0 Å². The van der Waals surface area contributed by atoms with E-state index in [0.717, 1.165) is 38.5 Å². The van der Waals surface area contributed by atoms with Crippen LogP contribution in [0.4, 0.5) is 18.9 Å². The number of nitrogens with two attached hydrogens (primary N) is 1. The zero-order chi connectivity index (χ0) is 21.4. The number of hydrogen-bond donors (Lipinski definition) is 1. The Bertz CT molecular complexity index is 814. The van der Waals surface area contributed by atoms with E-state index in [2.05, 4.69) is 18.7 Å². The quantitative estimate of drug-likeness (QED) is 0.787. The summed E-state index contributed by atoms with van der Waals surface area (Å²) >= 11 is 0. The number of morpholine rings is 1. The van der Waals surface area contributed by atoms with Gasteiger partial charge in [-0.15, -0.1) is 0 Å². The predicted octanol–water partition coefficient (Wildman–Crippen LogP) is 2.68. The van der Waals surface area contributed by atoms with Crippen LogP contribution in [0.15, 0.2) is 23.1 Å². The Hall–Kier alpha value is -1.36. The van der Waals surface area contributed by atoms with Gasteiger partial charge in [-0.25, -0.2) is 13.6 Å². The topological polar surface area (TPSA) is 75.9 Å². The summed E-state index contributed by atoms with van der Waals surface area (Å²) in [6.45, 7) is 7.76. The fraction of sp³-hybridized carbons (Fsp3) is 0.684. The van der Waals surface area contributed by atoms with Crippen LogP contribution in [0.5, 0.6) is 0 Å². The lowest BCUT2D eigenvalue weighted by Gasteiger charge is -2.40. The highest BCUT2D eigenvalue weighted by Gasteiger charge is 2.37. The van der Waals surface area contributed by atoms with Crippen molar-refractivity contribution < 1.29 is 26.3 Å². The molecule has 2 fully saturated rings. The zero-order valence-electron chi connectivity index (χ0n) is 16.7. The van der Waals surface area contributed by atoms with Gasteiger partial charge < -0.3 is 9.64 Å². The van der Waals surface area contributed by atoms with Gasteiger partial charge in [-0.1, -0.05) is 0 Å². The molecule has 2 heterocycles. The molecule has 1 aromatic carbocycles. The second-order valence-corrected chi connectivity index (χ2v) is 9.69. The molecular formula is C19H28F3N3O3S. The molecule has 29 heavy (non-hydrogen) atoms. The standard InChI is InChI=1S/C19H28F3N3O3S/c1-13-10-24(11-14(2)28-13)12-15-5-7-25(8-6-15)18-4-3-16(29(23,26)27)9-17(18)19(20,21)22/h3-4,9,13-15H,5-8,10-12H2,1-2H3,(H2,23,26,27). The lowest BCUT2D eigenvalue weighted by Crippen LogP contribution is -2.48. The molecule has 2 unspecified atom stereocenters. The van der Waals surface area contributed by atoms with Gasteiger partial charge in [0.1, 0.15) is 0 Å². The molecule has 0 spiro atoms. The van der Waals surface area contributed by atoms with E-state index in [-0.39, 0.29) is 17.9 Å². The van der Waals surface area contributed by atoms with Crippen molar-refractivity contribution >= 4 is 15.7 Å². The van der Waals surface area contributed by atoms with Gasteiger partial charge in [0.2, 0.25) is 10.0 Å². The highest BCUT2D eigenvalue weighted by Crippen LogP contribution is 2.39. The van der Waals surface area contributed by atoms with Crippen LogP contribution in [0.1, 0.15) is 32.3 Å². The number of sulfonamides is 1. The summed E-state index contributed by atoms with van der Waals surface area (Å²) in [5, 5.41) is 5.00. The van der Waals surface area contributed by atoms with Gasteiger partial charge in [-0.3, -0.25) is 4.90 Å². The smallest absolute Gasteiger partial charge is 0.373 e. The molecule has 2 N–H and O–H groups in total. The third-order valence-electron chi connectivity index (χ3n) is 5.57. The molecule has 164 valence electrons. The number of rotatable bonds is 4. The molecule has 0 saturated carbocycles. The Morgan fingerprint density at radius 3 is 2.24 bits per heavy atom. The maximum atomic E-state index is 13.5. The number of benzene rings is 1. The number of nitrogens with zero attached hydrogens (tertiary/aromatic N) is 2. The highest BCUT2D eigenvalue weighted by molar-refractivity contribution is 7.89. The summed E-state index contributed by atoms with van der Waals surface area (Å²) in [4.78, 5) is 3.54. The van der Waals surface area contributed by atoms with E-state index in [1.54, 1.807) is 4.90 Å². The maximum Gasteiger partial charge on any atom is 0.418 e. The minimum Gasteiger partial charge on any atom is -0.373 e. The lowest BCUT2D eigenvalue weighted by atomic mass is 9.94. The van der Waals surface area contributed by atoms with Crippen molar-refractivity contribution in [3.63, 3.8) is 0 Å². The Kier molecular flexibility index (Phi) is 6.47. The number of ether oxygens (including phenoxy) is 1. The van der Waals surface area contributed by atoms with Gasteiger partial charge in [0, 0.05) is 38.4 Å². The van der Waals surface area contributed by atoms with Crippen LogP contribution in [-0.2, 0) is 20.9 Å². The number of halogens is 3. The first-order chi connectivity index (χ1) is 13.4. The second-order valence-electron chi connectivity index (χ2n) is 8.13. The van der Waals surface area contributed by atoms with E-state index >= 15 is 0 Å². The molecule has 3 rings (SSSR count). The van der Waals surface area contributed by atoms with E-state index in [4.69, 9.17) is 9.88 Å². The van der Waals surface area contributed by atoms with Gasteiger partial charge in [0.25, 0.3) is 0 Å². The van der Waals surface area contributed by atoms with E-state index in [1.165, 1.54) is 6.07 Å². The fourth-order valence-electron chi connectivity index (χ4n) is 4.35. The van der Waals surface area contributed by atoms with Crippen LogP contribution in [0.3, 0.4) is 0 Å². The minimum absolute atomic E-state index is 0.0111. The zero-order valence-corrected chi connectivity index (χ0v) is 17.5. The molecule has 0 aromatic heterocycles. The second kappa shape index (κ2) is 8.41. The van der Waals surface area contributed by atoms with Crippen LogP contribution in [0, 0.1) is 5.92 Å². The molecule has 1 aromatic rings. The van der Waals surface area contributed by atoms with Crippen molar-refractivity contribution in [2.24, 2.45) is 11.1 Å². The minimum atomic E-state index is -4.66. The molecule has 2 saturated heterocycles. The number of anilines is 1. The van der Waals surface area contributed by atoms with Gasteiger partial charge in [0.05, 0.1) is 22.7 Å². The fourth-order valence-corrected chi connectivity index (χ4v) is 4.89. The average molecular weight is 436 g/mol. The van der Waals surface area contributed by atoms with E-state index in [9.17, 15) is 21.6 Å². The van der Waals surface area contributed by atoms with Crippen LogP contribution >= 0.6 is 0 Å². The van der Waals surface area contributed by atoms with Crippen LogP contribution in [0.25, 0.3) is 0 Å². The predicted molar refractivity (Wildman–Crippen MR) is 104 cm³/mol. The summed E-state index contributed by atoms with van der Waals surface area (Å²) in [6.07, 6.45) is -2.72. The molecule has 10 heteroatoms. The van der Waals surface area contributed by atoms with Crippen molar-refractivity contribution in [2.75, 3.05) is 37.6 Å². The SMILES string of the molecule is CC1CN(CC2CCN(c3ccc(S(N)(=O)=O)cc3C(F)(F)F)CC2)CC(C)O1. The Morgan fingerprint density at radius 1 is 1.14 bits per heavy atom. The number of alkyl halides is 3. The first kappa shape index (κ1) is 22.3. The van der Waals surface area contributed by atoms with Crippen LogP contribution in [0.2, 0.25) is 0 Å². The molecular weight excluding hydrogens is 407 g/mol. The maximum absolute atomic E-state index is 13.5. The summed E-state index contributed by atoms with van der Waals surface area (Å²) in [5.41, 5.74) is -0.949. The normalized spacial score (nSPS) is 25.4. The molecule has 2 atom stereocenters. The van der Waals surface area contributed by atoms with Gasteiger partial charge >= 0.3 is 6.18 Å². The number of hydrogen-bond acceptors (Lipinski definition) is 5. The first-order valence-electron chi connectivity index (χ1n) is 9.80. The largest absolute Gasteiger partial charge is 0.418 e. The van der Waals surface area contributed by atoms with E-state index < -0.39 is 26.7 Å². The summed E-state index contributed by atoms with van der Waals surface area (Å²) in [7, 11) is -4.20. The molecule has 2 aliphatic heterocycles. The van der Waals surface area contributed by atoms with Crippen molar-refractivity contribution in [1.82, 2.24) is 4.90 Å². The lowest BCUT2D eigenvalue weighted by molar-refractivity contribution is -0.137. The van der Waals surface area contributed by atoms with Crippen LogP contribution in [-0.4, -0.2) is 58.2 Å². The Morgan fingerprint density at radius 2 is 1.72 bits per heavy atom. The summed E-state index contributed by atoms with van der Waals surface area (Å²) in [5.74, 6) is 0.418. The average Bonchev–Trinajstić information content (AvgIpc) is 2.59. The molecule has 6 nitrogen and oxygen atoms in total. The number of primary sulfonamides is 1. The number of piperidine rings is 1. The van der Waals surface area contributed by atoms with Gasteiger partial charge in [-0.05, 0) is 50.8 Å². The molecule has 0 amide bonds. The van der Waals surface area contributed by atoms with Crippen molar-refractivity contribution in [3.05, 3.63) is 23.8 Å². The molecule has 2 aliphatic rings. The van der Waals surface area contributed by atoms with E-state index in [0.29, 0.717) is 25.1 Å². The highest BCUT2D eigenvalue weighted by atomic mass is 32.2. The van der Waals surface area contributed by atoms with Crippen molar-refractivity contribution in [1.29, 1.82) is 0 Å². The first-order valence-corrected chi connectivity index (χ1v) is 11.3. The molecule has 0 radical (unpaired) electrons. The van der Waals surface area contributed by atoms with Gasteiger partial charge in [0.15, 0.2) is 0 Å². The van der Waals surface area contributed by atoms with Crippen molar-refractivity contribution in [3.8, 4) is 0 Å². The van der Waals surface area contributed by atoms with E-state index in [1.807, 2.05) is 0 Å². The Labute approximate surface area is 169 Å².